The van der Waals surface area contributed by atoms with Crippen LogP contribution in [0.3, 0.4) is 0 Å². The minimum Gasteiger partial charge on any atom is -0.490 e. The summed E-state index contributed by atoms with van der Waals surface area (Å²) in [4.78, 5) is 27.9. The molecule has 0 bridgehead atoms. The smallest absolute Gasteiger partial charge is 0.371 e. The summed E-state index contributed by atoms with van der Waals surface area (Å²) in [6.45, 7) is 0.425. The van der Waals surface area contributed by atoms with Gasteiger partial charge in [0, 0.05) is 28.1 Å². The Morgan fingerprint density at radius 1 is 1.15 bits per heavy atom. The molecule has 0 aliphatic heterocycles. The number of carboxylic acids is 1. The molecule has 0 unspecified atom stereocenters. The predicted octanol–water partition coefficient (Wildman–Crippen LogP) is 6.90. The first-order chi connectivity index (χ1) is 18.8. The molecule has 0 radical (unpaired) electrons. The van der Waals surface area contributed by atoms with Crippen LogP contribution in [0.1, 0.15) is 54.4 Å². The van der Waals surface area contributed by atoms with Crippen LogP contribution in [0.25, 0.3) is 17.3 Å². The SMILES string of the molecule is CO/C(=C\c1c(F)cc(C(=O)Nc2nc(-c3cccc(OCCC4CCCCC4)c3F)cs2)cc1F)C(=O)O. The molecule has 206 valence electrons. The molecule has 11 heteroatoms. The van der Waals surface area contributed by atoms with Gasteiger partial charge in [-0.3, -0.25) is 10.1 Å². The zero-order valence-electron chi connectivity index (χ0n) is 21.1. The highest BCUT2D eigenvalue weighted by Gasteiger charge is 2.20. The first-order valence-corrected chi connectivity index (χ1v) is 13.3. The zero-order chi connectivity index (χ0) is 27.9. The minimum absolute atomic E-state index is 0.0929. The van der Waals surface area contributed by atoms with Gasteiger partial charge in [-0.1, -0.05) is 38.2 Å². The number of methoxy groups -OCH3 is 1. The molecular weight excluding hydrogens is 533 g/mol. The Bertz CT molecular complexity index is 1360. The van der Waals surface area contributed by atoms with Crippen molar-refractivity contribution in [1.29, 1.82) is 0 Å². The third-order valence-corrected chi connectivity index (χ3v) is 7.28. The maximum Gasteiger partial charge on any atom is 0.371 e. The molecule has 2 aromatic carbocycles. The van der Waals surface area contributed by atoms with Crippen LogP contribution in [0, 0.1) is 23.4 Å². The number of benzene rings is 2. The molecule has 1 fully saturated rings. The molecule has 1 amide bonds. The number of carbonyl (C=O) groups excluding carboxylic acids is 1. The number of aromatic nitrogens is 1. The summed E-state index contributed by atoms with van der Waals surface area (Å²) >= 11 is 1.02. The number of carbonyl (C=O) groups is 2. The zero-order valence-corrected chi connectivity index (χ0v) is 22.0. The summed E-state index contributed by atoms with van der Waals surface area (Å²) in [5, 5.41) is 13.1. The van der Waals surface area contributed by atoms with E-state index in [0.29, 0.717) is 18.6 Å². The molecule has 2 N–H and O–H groups in total. The number of anilines is 1. The van der Waals surface area contributed by atoms with Crippen LogP contribution in [0.15, 0.2) is 41.5 Å². The third-order valence-electron chi connectivity index (χ3n) is 6.52. The quantitative estimate of drug-likeness (QED) is 0.207. The van der Waals surface area contributed by atoms with E-state index in [-0.39, 0.29) is 27.7 Å². The van der Waals surface area contributed by atoms with E-state index < -0.39 is 40.7 Å². The normalized spacial score (nSPS) is 14.2. The van der Waals surface area contributed by atoms with Crippen LogP contribution < -0.4 is 10.1 Å². The van der Waals surface area contributed by atoms with E-state index >= 15 is 4.39 Å². The van der Waals surface area contributed by atoms with Crippen LogP contribution in [0.2, 0.25) is 0 Å². The first-order valence-electron chi connectivity index (χ1n) is 12.4. The molecule has 0 atom stereocenters. The van der Waals surface area contributed by atoms with Crippen LogP contribution in [0.5, 0.6) is 5.75 Å². The minimum atomic E-state index is -1.51. The molecule has 1 aliphatic rings. The number of aliphatic carboxylic acids is 1. The fourth-order valence-electron chi connectivity index (χ4n) is 4.45. The largest absolute Gasteiger partial charge is 0.490 e. The van der Waals surface area contributed by atoms with Gasteiger partial charge in [-0.25, -0.2) is 22.9 Å². The van der Waals surface area contributed by atoms with Crippen LogP contribution in [-0.4, -0.2) is 35.7 Å². The molecule has 1 aliphatic carbocycles. The summed E-state index contributed by atoms with van der Waals surface area (Å²) in [5.74, 6) is -5.17. The number of hydrogen-bond acceptors (Lipinski definition) is 6. The van der Waals surface area contributed by atoms with E-state index in [9.17, 15) is 18.4 Å². The van der Waals surface area contributed by atoms with E-state index in [1.807, 2.05) is 0 Å². The van der Waals surface area contributed by atoms with Gasteiger partial charge in [-0.15, -0.1) is 11.3 Å². The molecule has 7 nitrogen and oxygen atoms in total. The fourth-order valence-corrected chi connectivity index (χ4v) is 5.15. The summed E-state index contributed by atoms with van der Waals surface area (Å²) in [6.07, 6.45) is 7.65. The lowest BCUT2D eigenvalue weighted by Crippen LogP contribution is -2.13. The van der Waals surface area contributed by atoms with Crippen LogP contribution in [0.4, 0.5) is 18.3 Å². The van der Waals surface area contributed by atoms with Crippen molar-refractivity contribution in [3.8, 4) is 17.0 Å². The number of halogens is 3. The number of hydrogen-bond donors (Lipinski definition) is 2. The van der Waals surface area contributed by atoms with Gasteiger partial charge in [0.15, 0.2) is 16.7 Å². The molecule has 39 heavy (non-hydrogen) atoms. The van der Waals surface area contributed by atoms with Gasteiger partial charge in [0.25, 0.3) is 5.91 Å². The summed E-state index contributed by atoms with van der Waals surface area (Å²) in [5.41, 5.74) is -0.557. The van der Waals surface area contributed by atoms with Crippen LogP contribution >= 0.6 is 11.3 Å². The Kier molecular flexibility index (Phi) is 9.23. The molecule has 0 spiro atoms. The molecule has 1 aromatic heterocycles. The molecule has 1 saturated carbocycles. The number of thiazole rings is 1. The molecule has 4 rings (SSSR count). The van der Waals surface area contributed by atoms with E-state index in [4.69, 9.17) is 9.84 Å². The Balaban J connectivity index is 1.44. The van der Waals surface area contributed by atoms with Gasteiger partial charge in [0.1, 0.15) is 11.6 Å². The second-order valence-electron chi connectivity index (χ2n) is 9.12. The van der Waals surface area contributed by atoms with Gasteiger partial charge in [-0.2, -0.15) is 0 Å². The highest BCUT2D eigenvalue weighted by Crippen LogP contribution is 2.32. The maximum absolute atomic E-state index is 15.2. The van der Waals surface area contributed by atoms with Crippen LogP contribution in [-0.2, 0) is 9.53 Å². The third kappa shape index (κ3) is 6.97. The Morgan fingerprint density at radius 2 is 1.87 bits per heavy atom. The van der Waals surface area contributed by atoms with Crippen molar-refractivity contribution in [1.82, 2.24) is 4.98 Å². The molecular formula is C28H27F3N2O5S. The Morgan fingerprint density at radius 3 is 2.54 bits per heavy atom. The van der Waals surface area contributed by atoms with Crippen molar-refractivity contribution < 1.29 is 37.3 Å². The van der Waals surface area contributed by atoms with Gasteiger partial charge in [0.05, 0.1) is 19.4 Å². The van der Waals surface area contributed by atoms with Crippen molar-refractivity contribution in [3.05, 3.63) is 70.0 Å². The van der Waals surface area contributed by atoms with Crippen molar-refractivity contribution >= 4 is 34.4 Å². The van der Waals surface area contributed by atoms with Crippen molar-refractivity contribution in [2.45, 2.75) is 38.5 Å². The molecule has 3 aromatic rings. The van der Waals surface area contributed by atoms with Gasteiger partial charge in [0.2, 0.25) is 5.76 Å². The van der Waals surface area contributed by atoms with E-state index in [0.717, 1.165) is 37.0 Å². The average molecular weight is 561 g/mol. The number of amides is 1. The summed E-state index contributed by atoms with van der Waals surface area (Å²) in [6, 6.07) is 6.30. The monoisotopic (exact) mass is 560 g/mol. The number of ether oxygens (including phenoxy) is 2. The summed E-state index contributed by atoms with van der Waals surface area (Å²) < 4.78 is 54.5. The predicted molar refractivity (Wildman–Crippen MR) is 141 cm³/mol. The lowest BCUT2D eigenvalue weighted by atomic mass is 9.87. The maximum atomic E-state index is 15.2. The van der Waals surface area contributed by atoms with Crippen molar-refractivity contribution in [2.24, 2.45) is 5.92 Å². The highest BCUT2D eigenvalue weighted by atomic mass is 32.1. The number of carboxylic acid groups (broad SMARTS) is 1. The lowest BCUT2D eigenvalue weighted by Gasteiger charge is -2.21. The van der Waals surface area contributed by atoms with Gasteiger partial charge in [-0.05, 0) is 36.6 Å². The Hall–Kier alpha value is -3.86. The standard InChI is InChI=1S/C28H27F3N2O5S/c1-37-24(27(35)36)14-19-20(29)12-17(13-21(19)30)26(34)33-28-32-22(15-39-28)18-8-5-9-23(25(18)31)38-11-10-16-6-3-2-4-7-16/h5,8-9,12-16H,2-4,6-7,10-11H2,1H3,(H,35,36)(H,32,33,34)/b24-14-. The molecule has 0 saturated heterocycles. The average Bonchev–Trinajstić information content (AvgIpc) is 3.37. The van der Waals surface area contributed by atoms with Gasteiger partial charge >= 0.3 is 5.97 Å². The number of rotatable bonds is 10. The second-order valence-corrected chi connectivity index (χ2v) is 9.98. The van der Waals surface area contributed by atoms with E-state index in [1.54, 1.807) is 23.6 Å². The number of nitrogens with one attached hydrogen (secondary N) is 1. The lowest BCUT2D eigenvalue weighted by molar-refractivity contribution is -0.135. The molecule has 1 heterocycles. The van der Waals surface area contributed by atoms with E-state index in [2.05, 4.69) is 15.0 Å². The summed E-state index contributed by atoms with van der Waals surface area (Å²) in [7, 11) is 1.05. The van der Waals surface area contributed by atoms with Gasteiger partial charge < -0.3 is 14.6 Å². The highest BCUT2D eigenvalue weighted by molar-refractivity contribution is 7.14. The topological polar surface area (TPSA) is 97.8 Å². The van der Waals surface area contributed by atoms with E-state index in [1.165, 1.54) is 32.1 Å². The Labute approximate surface area is 227 Å². The first kappa shape index (κ1) is 28.2. The van der Waals surface area contributed by atoms with Crippen molar-refractivity contribution in [3.63, 3.8) is 0 Å². The second kappa shape index (κ2) is 12.8. The fraction of sp³-hybridized carbons (Fsp3) is 0.321. The van der Waals surface area contributed by atoms with Crippen molar-refractivity contribution in [2.75, 3.05) is 19.0 Å². The number of nitrogens with zero attached hydrogens (tertiary/aromatic N) is 1.